The summed E-state index contributed by atoms with van der Waals surface area (Å²) in [5.74, 6) is -1.46. The summed E-state index contributed by atoms with van der Waals surface area (Å²) in [5, 5.41) is 18.8. The Kier molecular flexibility index (Phi) is 5.81. The number of benzene rings is 2. The van der Waals surface area contributed by atoms with Gasteiger partial charge in [0.1, 0.15) is 17.8 Å². The first kappa shape index (κ1) is 22.5. The Morgan fingerprint density at radius 1 is 1.09 bits per heavy atom. The summed E-state index contributed by atoms with van der Waals surface area (Å²) in [6, 6.07) is 6.09. The predicted molar refractivity (Wildman–Crippen MR) is 120 cm³/mol. The van der Waals surface area contributed by atoms with Gasteiger partial charge in [-0.2, -0.15) is 4.39 Å². The zero-order valence-electron chi connectivity index (χ0n) is 18.0. The minimum absolute atomic E-state index is 0.0111. The number of aliphatic hydroxyl groups excluding tert-OH is 1. The average molecular weight is 495 g/mol. The summed E-state index contributed by atoms with van der Waals surface area (Å²) < 4.78 is 37.9. The zero-order chi connectivity index (χ0) is 23.4. The highest BCUT2D eigenvalue weighted by Gasteiger charge is 2.42. The quantitative estimate of drug-likeness (QED) is 0.574. The Balaban J connectivity index is 1.53. The largest absolute Gasteiger partial charge is 0.481 e. The number of ether oxygens (including phenoxy) is 1. The van der Waals surface area contributed by atoms with Crippen LogP contribution in [0.5, 0.6) is 5.75 Å². The van der Waals surface area contributed by atoms with E-state index in [0.717, 1.165) is 11.1 Å². The molecule has 1 aliphatic carbocycles. The van der Waals surface area contributed by atoms with Gasteiger partial charge >= 0.3 is 0 Å². The summed E-state index contributed by atoms with van der Waals surface area (Å²) in [7, 11) is 0. The number of nitrogens with zero attached hydrogens (tertiary/aromatic N) is 4. The third-order valence-electron chi connectivity index (χ3n) is 6.44. The predicted octanol–water partition coefficient (Wildman–Crippen LogP) is 4.58. The summed E-state index contributed by atoms with van der Waals surface area (Å²) in [4.78, 5) is 2.10. The number of hydrogen-bond acceptors (Lipinski definition) is 5. The van der Waals surface area contributed by atoms with Gasteiger partial charge in [-0.1, -0.05) is 23.2 Å². The fraction of sp³-hybridized carbons (Fsp3) is 0.391. The molecule has 2 aliphatic rings. The fourth-order valence-corrected chi connectivity index (χ4v) is 5.47. The standard InChI is InChI=1S/C23H22Cl2F2N4O2/c1-11-28-29-12(2)31(11)18-3-4-20(22(27)21(18)26)33-23-16-7-13(24)8-17(25)15(16)9-19(23)30-6-5-14(32)10-30/h3-4,7-8,14,19,23,32H,5-6,9-10H2,1-2H3/t14?,19-,23-/m0/s1. The molecule has 1 aliphatic heterocycles. The van der Waals surface area contributed by atoms with Gasteiger partial charge in [0.25, 0.3) is 0 Å². The number of hydrogen-bond donors (Lipinski definition) is 1. The zero-order valence-corrected chi connectivity index (χ0v) is 19.5. The summed E-state index contributed by atoms with van der Waals surface area (Å²) in [6.45, 7) is 4.48. The van der Waals surface area contributed by atoms with E-state index in [1.165, 1.54) is 16.7 Å². The van der Waals surface area contributed by atoms with Crippen molar-refractivity contribution in [3.63, 3.8) is 0 Å². The van der Waals surface area contributed by atoms with Crippen molar-refractivity contribution in [2.75, 3.05) is 13.1 Å². The molecule has 1 saturated heterocycles. The van der Waals surface area contributed by atoms with E-state index in [1.54, 1.807) is 26.0 Å². The van der Waals surface area contributed by atoms with Gasteiger partial charge in [0, 0.05) is 28.7 Å². The van der Waals surface area contributed by atoms with Crippen molar-refractivity contribution < 1.29 is 18.6 Å². The molecule has 1 fully saturated rings. The van der Waals surface area contributed by atoms with Crippen molar-refractivity contribution in [1.82, 2.24) is 19.7 Å². The topological polar surface area (TPSA) is 63.4 Å². The van der Waals surface area contributed by atoms with E-state index in [1.807, 2.05) is 0 Å². The summed E-state index contributed by atoms with van der Waals surface area (Å²) in [6.07, 6.45) is 0.143. The number of rotatable bonds is 4. The first-order chi connectivity index (χ1) is 15.7. The molecule has 0 radical (unpaired) electrons. The Morgan fingerprint density at radius 3 is 2.48 bits per heavy atom. The van der Waals surface area contributed by atoms with Crippen molar-refractivity contribution in [1.29, 1.82) is 0 Å². The molecule has 0 amide bonds. The minimum Gasteiger partial charge on any atom is -0.481 e. The highest BCUT2D eigenvalue weighted by Crippen LogP contribution is 2.44. The number of aliphatic hydroxyl groups is 1. The Bertz CT molecular complexity index is 1220. The first-order valence-electron chi connectivity index (χ1n) is 10.7. The van der Waals surface area contributed by atoms with E-state index < -0.39 is 23.8 Å². The molecule has 0 spiro atoms. The third kappa shape index (κ3) is 3.89. The van der Waals surface area contributed by atoms with Gasteiger partial charge in [-0.25, -0.2) is 4.39 Å². The minimum atomic E-state index is -1.10. The van der Waals surface area contributed by atoms with Crippen molar-refractivity contribution in [2.45, 2.75) is 44.9 Å². The Hall–Kier alpha value is -2.26. The molecule has 3 aromatic rings. The fourth-order valence-electron chi connectivity index (χ4n) is 4.89. The van der Waals surface area contributed by atoms with Gasteiger partial charge in [-0.15, -0.1) is 10.2 Å². The average Bonchev–Trinajstić information content (AvgIpc) is 3.44. The lowest BCUT2D eigenvalue weighted by Crippen LogP contribution is -2.39. The molecular formula is C23H22Cl2F2N4O2. The summed E-state index contributed by atoms with van der Waals surface area (Å²) in [5.41, 5.74) is 1.62. The number of β-amino-alcohol motifs (C(OH)–C–C–N with tert-alkyl or cyclic N) is 1. The van der Waals surface area contributed by atoms with E-state index in [9.17, 15) is 5.11 Å². The number of aryl methyl sites for hydroxylation is 2. The van der Waals surface area contributed by atoms with Gasteiger partial charge < -0.3 is 9.84 Å². The number of aromatic nitrogens is 3. The molecule has 2 heterocycles. The maximum atomic E-state index is 15.2. The highest BCUT2D eigenvalue weighted by molar-refractivity contribution is 6.35. The number of likely N-dealkylation sites (tertiary alicyclic amines) is 1. The van der Waals surface area contributed by atoms with Crippen LogP contribution in [0.15, 0.2) is 24.3 Å². The lowest BCUT2D eigenvalue weighted by molar-refractivity contribution is 0.0785. The molecule has 1 aromatic heterocycles. The maximum Gasteiger partial charge on any atom is 0.202 e. The van der Waals surface area contributed by atoms with E-state index in [-0.39, 0.29) is 17.5 Å². The van der Waals surface area contributed by atoms with Crippen LogP contribution in [0.2, 0.25) is 10.0 Å². The second-order valence-corrected chi connectivity index (χ2v) is 9.39. The molecule has 6 nitrogen and oxygen atoms in total. The lowest BCUT2D eigenvalue weighted by atomic mass is 10.1. The SMILES string of the molecule is Cc1nnc(C)n1-c1ccc(O[C@H]2c3cc(Cl)cc(Cl)c3C[C@@H]2N2CCC(O)C2)c(F)c1F. The second-order valence-electron chi connectivity index (χ2n) is 8.54. The Morgan fingerprint density at radius 2 is 1.82 bits per heavy atom. The van der Waals surface area contributed by atoms with Crippen LogP contribution in [0.25, 0.3) is 5.69 Å². The maximum absolute atomic E-state index is 15.2. The van der Waals surface area contributed by atoms with E-state index in [4.69, 9.17) is 27.9 Å². The van der Waals surface area contributed by atoms with Crippen LogP contribution in [-0.4, -0.2) is 50.0 Å². The van der Waals surface area contributed by atoms with Crippen molar-refractivity contribution in [2.24, 2.45) is 0 Å². The van der Waals surface area contributed by atoms with Gasteiger partial charge in [0.15, 0.2) is 11.6 Å². The molecule has 0 bridgehead atoms. The van der Waals surface area contributed by atoms with Crippen LogP contribution < -0.4 is 4.74 Å². The molecule has 3 atom stereocenters. The van der Waals surface area contributed by atoms with E-state index in [0.29, 0.717) is 47.6 Å². The number of halogens is 4. The van der Waals surface area contributed by atoms with Crippen molar-refractivity contribution >= 4 is 23.2 Å². The molecule has 10 heteroatoms. The monoisotopic (exact) mass is 494 g/mol. The van der Waals surface area contributed by atoms with Crippen molar-refractivity contribution in [3.05, 3.63) is 68.7 Å². The van der Waals surface area contributed by atoms with Crippen molar-refractivity contribution in [3.8, 4) is 11.4 Å². The Labute approximate surface area is 199 Å². The van der Waals surface area contributed by atoms with E-state index >= 15 is 8.78 Å². The molecule has 1 N–H and O–H groups in total. The van der Waals surface area contributed by atoms with Crippen LogP contribution in [0.4, 0.5) is 8.78 Å². The molecule has 5 rings (SSSR count). The first-order valence-corrected chi connectivity index (χ1v) is 11.4. The van der Waals surface area contributed by atoms with Gasteiger partial charge in [0.05, 0.1) is 17.8 Å². The number of fused-ring (bicyclic) bond motifs is 1. The smallest absolute Gasteiger partial charge is 0.202 e. The van der Waals surface area contributed by atoms with Crippen LogP contribution >= 0.6 is 23.2 Å². The highest BCUT2D eigenvalue weighted by atomic mass is 35.5. The van der Waals surface area contributed by atoms with Crippen LogP contribution in [0.1, 0.15) is 35.3 Å². The molecule has 1 unspecified atom stereocenters. The molecule has 174 valence electrons. The molecular weight excluding hydrogens is 473 g/mol. The normalized spacial score (nSPS) is 22.7. The van der Waals surface area contributed by atoms with Gasteiger partial charge in [-0.05, 0) is 56.5 Å². The lowest BCUT2D eigenvalue weighted by Gasteiger charge is -2.30. The molecule has 2 aromatic carbocycles. The van der Waals surface area contributed by atoms with Gasteiger partial charge in [0.2, 0.25) is 5.82 Å². The van der Waals surface area contributed by atoms with E-state index in [2.05, 4.69) is 15.1 Å². The second kappa shape index (κ2) is 8.51. The van der Waals surface area contributed by atoms with Crippen LogP contribution in [-0.2, 0) is 6.42 Å². The van der Waals surface area contributed by atoms with Crippen LogP contribution in [0, 0.1) is 25.5 Å². The van der Waals surface area contributed by atoms with Crippen LogP contribution in [0.3, 0.4) is 0 Å². The van der Waals surface area contributed by atoms with Gasteiger partial charge in [-0.3, -0.25) is 9.47 Å². The molecule has 33 heavy (non-hydrogen) atoms. The molecule has 0 saturated carbocycles. The summed E-state index contributed by atoms with van der Waals surface area (Å²) >= 11 is 12.7. The third-order valence-corrected chi connectivity index (χ3v) is 6.99.